The van der Waals surface area contributed by atoms with Gasteiger partial charge < -0.3 is 39.8 Å². The number of fused-ring (bicyclic) bond motifs is 6. The zero-order valence-corrected chi connectivity index (χ0v) is 50.6. The Labute approximate surface area is 526 Å². The number of nitrogens with two attached hydrogens (primary N) is 1. The number of ether oxygens (including phenoxy) is 2. The summed E-state index contributed by atoms with van der Waals surface area (Å²) in [6.45, 7) is -2.79. The minimum atomic E-state index is -1.55. The van der Waals surface area contributed by atoms with Crippen molar-refractivity contribution >= 4 is 81.3 Å². The topological polar surface area (TPSA) is 235 Å². The number of aliphatic carboxylic acids is 1. The van der Waals surface area contributed by atoms with Gasteiger partial charge in [0.15, 0.2) is 0 Å². The van der Waals surface area contributed by atoms with Gasteiger partial charge in [0.05, 0.1) is 66.7 Å². The molecule has 0 radical (unpaired) electrons. The summed E-state index contributed by atoms with van der Waals surface area (Å²) < 4.78 is 110. The molecule has 16 nitrogen and oxygen atoms in total. The highest BCUT2D eigenvalue weighted by Crippen LogP contribution is 2.79. The van der Waals surface area contributed by atoms with Gasteiger partial charge >= 0.3 is 5.97 Å². The Kier molecular flexibility index (Phi) is 17.1. The van der Waals surface area contributed by atoms with Crippen LogP contribution >= 0.6 is 46.4 Å². The zero-order valence-electron chi connectivity index (χ0n) is 47.6. The van der Waals surface area contributed by atoms with E-state index in [0.717, 1.165) is 12.8 Å². The normalized spacial score (nSPS) is 29.5. The van der Waals surface area contributed by atoms with Gasteiger partial charge in [-0.25, -0.2) is 8.78 Å². The first-order valence-electron chi connectivity index (χ1n) is 29.3. The number of carbonyl (C=O) groups excluding carboxylic acids is 3. The molecule has 8 aliphatic rings. The van der Waals surface area contributed by atoms with Crippen LogP contribution in [0.15, 0.2) is 94.4 Å². The number of nitrogens with zero attached hydrogens (tertiary/aromatic N) is 4. The molecule has 2 saturated heterocycles. The molecule has 2 aromatic heterocycles. The minimum Gasteiger partial charge on any atom is -0.481 e. The first-order chi connectivity index (χ1) is 42.7. The predicted octanol–water partition coefficient (Wildman–Crippen LogP) is 13.5. The Balaban J connectivity index is 0.000000149. The maximum Gasteiger partial charge on any atom is 0.307 e. The molecule has 6 heterocycles. The van der Waals surface area contributed by atoms with Crippen LogP contribution in [-0.2, 0) is 39.5 Å². The van der Waals surface area contributed by atoms with Crippen molar-refractivity contribution in [1.82, 2.24) is 20.4 Å². The van der Waals surface area contributed by atoms with Gasteiger partial charge in [-0.2, -0.15) is 0 Å². The van der Waals surface area contributed by atoms with Crippen LogP contribution < -0.4 is 16.4 Å². The number of alkyl halides is 4. The molecular weight excluding hydrogens is 1250 g/mol. The fourth-order valence-electron chi connectivity index (χ4n) is 17.2. The maximum absolute atomic E-state index is 16.0. The van der Waals surface area contributed by atoms with Crippen molar-refractivity contribution in [2.45, 2.75) is 112 Å². The Hall–Kier alpha value is -6.14. The third-order valence-electron chi connectivity index (χ3n) is 20.5. The van der Waals surface area contributed by atoms with Crippen molar-refractivity contribution in [3.05, 3.63) is 151 Å². The number of hydrogen-bond acceptors (Lipinski definition) is 13. The number of rotatable bonds is 12. The number of carboxylic acids is 1. The summed E-state index contributed by atoms with van der Waals surface area (Å²) in [6, 6.07) is 18.7. The fraction of sp³-hybridized carbons (Fsp3) is 0.492. The van der Waals surface area contributed by atoms with Gasteiger partial charge in [0.25, 0.3) is 0 Å². The average molecular weight is 1320 g/mol. The molecule has 4 aromatic carbocycles. The second kappa shape index (κ2) is 24.2. The second-order valence-electron chi connectivity index (χ2n) is 25.6. The lowest BCUT2D eigenvalue weighted by atomic mass is 9.43. The van der Waals surface area contributed by atoms with Gasteiger partial charge in [0.2, 0.25) is 36.4 Å². The number of amides is 2. The third kappa shape index (κ3) is 10.2. The lowest BCUT2D eigenvalue weighted by Gasteiger charge is -2.59. The molecule has 6 aromatic rings. The highest BCUT2D eigenvalue weighted by atomic mass is 35.5. The van der Waals surface area contributed by atoms with E-state index in [-0.39, 0.29) is 103 Å². The molecule has 4 aliphatic carbocycles. The first-order valence-corrected chi connectivity index (χ1v) is 30.8. The molecule has 4 aliphatic heterocycles. The number of nitrogens with one attached hydrogen (secondary N) is 2. The van der Waals surface area contributed by atoms with Crippen LogP contribution in [-0.4, -0.2) is 95.0 Å². The average Bonchev–Trinajstić information content (AvgIpc) is 1.52. The minimum absolute atomic E-state index is 0.00252. The van der Waals surface area contributed by atoms with Crippen LogP contribution in [0.1, 0.15) is 129 Å². The molecule has 89 heavy (non-hydrogen) atoms. The Bertz CT molecular complexity index is 3670. The van der Waals surface area contributed by atoms with Crippen molar-refractivity contribution in [2.75, 3.05) is 50.5 Å². The van der Waals surface area contributed by atoms with Crippen molar-refractivity contribution in [3.8, 4) is 0 Å². The molecule has 6 fully saturated rings. The van der Waals surface area contributed by atoms with E-state index in [4.69, 9.17) is 70.4 Å². The van der Waals surface area contributed by atoms with Gasteiger partial charge in [-0.05, 0) is 140 Å². The van der Waals surface area contributed by atoms with Crippen LogP contribution in [0.4, 0.5) is 37.7 Å². The summed E-state index contributed by atoms with van der Waals surface area (Å²) in [5, 5.41) is 31.3. The third-order valence-corrected chi connectivity index (χ3v) is 21.5. The molecular formula is C63H61Cl4F6N7O9. The number of hydrogen-bond donors (Lipinski definition) is 4. The number of carbonyl (C=O) groups is 4. The Morgan fingerprint density at radius 2 is 1.07 bits per heavy atom. The quantitative estimate of drug-likeness (QED) is 0.0835. The zero-order chi connectivity index (χ0) is 63.0. The van der Waals surface area contributed by atoms with E-state index in [9.17, 15) is 41.8 Å². The fourth-order valence-corrected chi connectivity index (χ4v) is 17.9. The predicted molar refractivity (Wildman–Crippen MR) is 313 cm³/mol. The molecule has 472 valence electrons. The first kappa shape index (κ1) is 63.0. The van der Waals surface area contributed by atoms with Crippen LogP contribution in [0.5, 0.6) is 0 Å². The number of aromatic nitrogens is 4. The van der Waals surface area contributed by atoms with Gasteiger partial charge in [-0.1, -0.05) is 82.8 Å². The van der Waals surface area contributed by atoms with Gasteiger partial charge in [0.1, 0.15) is 29.6 Å². The summed E-state index contributed by atoms with van der Waals surface area (Å²) in [6.07, 6.45) is 5.54. The molecule has 26 heteroatoms. The molecule has 2 amide bonds. The SMILES string of the molecule is N[C@@H]1CC[C@@H](c2nnco2)OC1.O=C(C[C@@H]1CC[C@@H](c2nnco2)OC1)[C@@H]1CC2(CC(CF)(CF)C2)[C@@]2(C(=O)Nc3cc(Cl)ccc32)[C@H]1c1cccc(Cl)c1F.O=C(O)[C@@H]1CC2(CC(CF)(CF)C2)[C@@]2(C(=O)Nc3cc(Cl)ccc32)[C@H]1c1cccc(Cl)c1F. The molecule has 0 bridgehead atoms. The molecule has 0 unspecified atom stereocenters. The Morgan fingerprint density at radius 1 is 0.618 bits per heavy atom. The van der Waals surface area contributed by atoms with Gasteiger partial charge in [-0.3, -0.25) is 36.7 Å². The molecule has 4 spiro atoms. The van der Waals surface area contributed by atoms with E-state index in [1.807, 2.05) is 0 Å². The number of benzene rings is 4. The van der Waals surface area contributed by atoms with Crippen LogP contribution in [0.3, 0.4) is 0 Å². The largest absolute Gasteiger partial charge is 0.481 e. The Morgan fingerprint density at radius 3 is 1.47 bits per heavy atom. The van der Waals surface area contributed by atoms with E-state index >= 15 is 8.78 Å². The number of carboxylic acid groups (broad SMARTS) is 1. The highest BCUT2D eigenvalue weighted by molar-refractivity contribution is 6.32. The molecule has 5 N–H and O–H groups in total. The smallest absolute Gasteiger partial charge is 0.307 e. The van der Waals surface area contributed by atoms with Crippen LogP contribution in [0, 0.1) is 51.0 Å². The van der Waals surface area contributed by atoms with Crippen molar-refractivity contribution in [1.29, 1.82) is 0 Å². The number of Topliss-reactive ketones (excluding diaryl/α,β-unsaturated/α-hetero) is 1. The maximum atomic E-state index is 16.0. The summed E-state index contributed by atoms with van der Waals surface area (Å²) in [7, 11) is 0. The summed E-state index contributed by atoms with van der Waals surface area (Å²) in [4.78, 5) is 55.1. The van der Waals surface area contributed by atoms with Crippen LogP contribution in [0.25, 0.3) is 0 Å². The lowest BCUT2D eigenvalue weighted by Crippen LogP contribution is -2.61. The van der Waals surface area contributed by atoms with E-state index < -0.39 is 112 Å². The van der Waals surface area contributed by atoms with Gasteiger partial charge in [0, 0.05) is 62.5 Å². The van der Waals surface area contributed by atoms with Crippen LogP contribution in [0.2, 0.25) is 20.1 Å². The monoisotopic (exact) mass is 1310 g/mol. The van der Waals surface area contributed by atoms with E-state index in [1.165, 1.54) is 37.1 Å². The van der Waals surface area contributed by atoms with E-state index in [2.05, 4.69) is 31.0 Å². The number of halogens is 10. The van der Waals surface area contributed by atoms with E-state index in [1.54, 1.807) is 48.5 Å². The standard InChI is InChI=1S/C32H30Cl2F3N3O4.C24H20Cl2F3NO3.C7H11N3O2/c33-18-5-6-21-23(9-18)39-29(42)32(21)26(19-2-1-3-22(34)27(19)37)20(10-31(32)12-30(13-31,14-35)15-36)24(41)8-17-4-7-25(43-11-17)28-40-38-16-44-28;25-12-4-5-15-17(6-12)30-21(33)24(15)18(13-2-1-3-16(26)19(13)29)14(20(31)32)7-23(24)8-22(9-23,10-27)11-28;8-5-1-2-6(11-3-5)7-10-9-4-12-7/h1-3,5-6,9,16-17,20,25-26H,4,7-8,10-15H2,(H,39,42);1-6,14,18H,7-11H2,(H,30,33)(H,31,32);4-6H,1-3,8H2/t17-,20-,25-,26-,32+;14-,18+,24-;5-,6+/m011/s1. The summed E-state index contributed by atoms with van der Waals surface area (Å²) >= 11 is 24.8. The van der Waals surface area contributed by atoms with Gasteiger partial charge in [-0.15, -0.1) is 20.4 Å². The lowest BCUT2D eigenvalue weighted by molar-refractivity contribution is -0.145. The number of anilines is 2. The summed E-state index contributed by atoms with van der Waals surface area (Å²) in [5.74, 6) is -7.08. The molecule has 10 atom stereocenters. The second-order valence-corrected chi connectivity index (χ2v) is 27.2. The van der Waals surface area contributed by atoms with E-state index in [0.29, 0.717) is 63.8 Å². The molecule has 4 saturated carbocycles. The summed E-state index contributed by atoms with van der Waals surface area (Å²) in [5.41, 5.74) is 0.0280. The van der Waals surface area contributed by atoms with Crippen molar-refractivity contribution < 1.29 is 68.9 Å². The van der Waals surface area contributed by atoms with Crippen molar-refractivity contribution in [3.63, 3.8) is 0 Å². The molecule has 14 rings (SSSR count). The highest BCUT2D eigenvalue weighted by Gasteiger charge is 2.79. The van der Waals surface area contributed by atoms with Crippen molar-refractivity contribution in [2.24, 2.45) is 45.1 Å². The number of ketones is 1.